The normalized spacial score (nSPS) is 15.9. The van der Waals surface area contributed by atoms with Gasteiger partial charge in [0.15, 0.2) is 0 Å². The highest BCUT2D eigenvalue weighted by Crippen LogP contribution is 2.29. The molecule has 3 nitrogen and oxygen atoms in total. The molecule has 0 aliphatic carbocycles. The van der Waals surface area contributed by atoms with Crippen molar-refractivity contribution >= 4 is 0 Å². The molecule has 1 aromatic rings. The molecule has 17 heavy (non-hydrogen) atoms. The van der Waals surface area contributed by atoms with Crippen molar-refractivity contribution in [3.8, 4) is 0 Å². The van der Waals surface area contributed by atoms with Gasteiger partial charge in [0.2, 0.25) is 0 Å². The summed E-state index contributed by atoms with van der Waals surface area (Å²) >= 11 is 0. The maximum absolute atomic E-state index is 10.0. The molecule has 1 aromatic heterocycles. The lowest BCUT2D eigenvalue weighted by molar-refractivity contribution is 0.103. The number of hydrogen-bond acceptors (Lipinski definition) is 2. The molecule has 1 heterocycles. The molecular formula is C14H26N2O. The Morgan fingerprint density at radius 3 is 2.53 bits per heavy atom. The van der Waals surface area contributed by atoms with Crippen LogP contribution in [0, 0.1) is 11.3 Å². The number of aromatic nitrogens is 2. The molecule has 0 aliphatic rings. The molecular weight excluding hydrogens is 212 g/mol. The van der Waals surface area contributed by atoms with Gasteiger partial charge in [-0.05, 0) is 36.2 Å². The largest absolute Gasteiger partial charge is 0.393 e. The van der Waals surface area contributed by atoms with Crippen molar-refractivity contribution in [1.82, 2.24) is 9.78 Å². The van der Waals surface area contributed by atoms with Gasteiger partial charge in [-0.2, -0.15) is 5.10 Å². The predicted octanol–water partition coefficient (Wildman–Crippen LogP) is 2.79. The second-order valence-electron chi connectivity index (χ2n) is 6.22. The Hall–Kier alpha value is -0.830. The van der Waals surface area contributed by atoms with E-state index in [0.29, 0.717) is 5.92 Å². The quantitative estimate of drug-likeness (QED) is 0.856. The highest BCUT2D eigenvalue weighted by molar-refractivity contribution is 5.03. The summed E-state index contributed by atoms with van der Waals surface area (Å²) in [6.45, 7) is 8.90. The first-order valence-corrected chi connectivity index (χ1v) is 6.44. The summed E-state index contributed by atoms with van der Waals surface area (Å²) < 4.78 is 1.81. The van der Waals surface area contributed by atoms with Crippen LogP contribution in [0.25, 0.3) is 0 Å². The molecule has 2 unspecified atom stereocenters. The number of rotatable bonds is 5. The fourth-order valence-electron chi connectivity index (χ4n) is 1.81. The van der Waals surface area contributed by atoms with E-state index in [0.717, 1.165) is 19.3 Å². The van der Waals surface area contributed by atoms with Crippen molar-refractivity contribution in [2.24, 2.45) is 18.4 Å². The lowest BCUT2D eigenvalue weighted by atomic mass is 9.78. The van der Waals surface area contributed by atoms with E-state index < -0.39 is 0 Å². The van der Waals surface area contributed by atoms with Crippen molar-refractivity contribution < 1.29 is 5.11 Å². The third kappa shape index (κ3) is 4.90. The first-order valence-electron chi connectivity index (χ1n) is 6.44. The molecule has 1 N–H and O–H groups in total. The highest BCUT2D eigenvalue weighted by atomic mass is 16.3. The van der Waals surface area contributed by atoms with Gasteiger partial charge in [0.25, 0.3) is 0 Å². The second kappa shape index (κ2) is 5.67. The Bertz CT molecular complexity index is 338. The van der Waals surface area contributed by atoms with E-state index in [1.54, 1.807) is 4.68 Å². The van der Waals surface area contributed by atoms with Crippen LogP contribution in [0.15, 0.2) is 12.4 Å². The van der Waals surface area contributed by atoms with Crippen LogP contribution in [0.4, 0.5) is 0 Å². The van der Waals surface area contributed by atoms with E-state index in [1.165, 1.54) is 5.56 Å². The lowest BCUT2D eigenvalue weighted by Crippen LogP contribution is -2.23. The Balaban J connectivity index is 2.33. The average Bonchev–Trinajstić information content (AvgIpc) is 2.60. The summed E-state index contributed by atoms with van der Waals surface area (Å²) in [7, 11) is 1.92. The molecule has 0 aromatic carbocycles. The average molecular weight is 238 g/mol. The SMILES string of the molecule is CC(CC(O)CCc1cnn(C)c1)C(C)(C)C. The number of nitrogens with zero attached hydrogens (tertiary/aromatic N) is 2. The molecule has 98 valence electrons. The molecule has 0 aliphatic heterocycles. The van der Waals surface area contributed by atoms with Gasteiger partial charge in [-0.25, -0.2) is 0 Å². The third-order valence-electron chi connectivity index (χ3n) is 3.63. The van der Waals surface area contributed by atoms with E-state index in [4.69, 9.17) is 0 Å². The summed E-state index contributed by atoms with van der Waals surface area (Å²) in [5.41, 5.74) is 1.48. The van der Waals surface area contributed by atoms with Gasteiger partial charge >= 0.3 is 0 Å². The molecule has 0 saturated carbocycles. The maximum atomic E-state index is 10.0. The molecule has 0 radical (unpaired) electrons. The van der Waals surface area contributed by atoms with Crippen molar-refractivity contribution in [1.29, 1.82) is 0 Å². The zero-order valence-electron chi connectivity index (χ0n) is 11.8. The Labute approximate surface area is 105 Å². The molecule has 0 spiro atoms. The van der Waals surface area contributed by atoms with Crippen molar-refractivity contribution in [3.63, 3.8) is 0 Å². The smallest absolute Gasteiger partial charge is 0.0546 e. The number of aryl methyl sites for hydroxylation is 2. The molecule has 0 bridgehead atoms. The molecule has 1 rings (SSSR count). The minimum atomic E-state index is -0.204. The van der Waals surface area contributed by atoms with Crippen LogP contribution in [-0.4, -0.2) is 21.0 Å². The zero-order valence-corrected chi connectivity index (χ0v) is 11.8. The van der Waals surface area contributed by atoms with Crippen LogP contribution in [0.1, 0.15) is 46.1 Å². The third-order valence-corrected chi connectivity index (χ3v) is 3.63. The van der Waals surface area contributed by atoms with E-state index in [9.17, 15) is 5.11 Å². The van der Waals surface area contributed by atoms with Crippen LogP contribution in [0.3, 0.4) is 0 Å². The van der Waals surface area contributed by atoms with E-state index in [2.05, 4.69) is 32.8 Å². The molecule has 2 atom stereocenters. The van der Waals surface area contributed by atoms with Gasteiger partial charge in [-0.15, -0.1) is 0 Å². The fraction of sp³-hybridized carbons (Fsp3) is 0.786. The van der Waals surface area contributed by atoms with Gasteiger partial charge < -0.3 is 5.11 Å². The summed E-state index contributed by atoms with van der Waals surface area (Å²) in [5, 5.41) is 14.2. The van der Waals surface area contributed by atoms with Gasteiger partial charge in [0.1, 0.15) is 0 Å². The monoisotopic (exact) mass is 238 g/mol. The predicted molar refractivity (Wildman–Crippen MR) is 70.8 cm³/mol. The van der Waals surface area contributed by atoms with Crippen molar-refractivity contribution in [3.05, 3.63) is 18.0 Å². The summed E-state index contributed by atoms with van der Waals surface area (Å²) in [5.74, 6) is 0.534. The Morgan fingerprint density at radius 2 is 2.06 bits per heavy atom. The second-order valence-corrected chi connectivity index (χ2v) is 6.22. The summed E-state index contributed by atoms with van der Waals surface area (Å²) in [6.07, 6.45) is 6.30. The Kier molecular flexibility index (Phi) is 4.75. The number of aliphatic hydroxyl groups excluding tert-OH is 1. The van der Waals surface area contributed by atoms with Crippen molar-refractivity contribution in [2.45, 2.75) is 53.1 Å². The Morgan fingerprint density at radius 1 is 1.41 bits per heavy atom. The maximum Gasteiger partial charge on any atom is 0.0546 e. The highest BCUT2D eigenvalue weighted by Gasteiger charge is 2.22. The van der Waals surface area contributed by atoms with Crippen LogP contribution >= 0.6 is 0 Å². The lowest BCUT2D eigenvalue weighted by Gasteiger charge is -2.29. The number of hydrogen-bond donors (Lipinski definition) is 1. The van der Waals surface area contributed by atoms with Crippen LogP contribution in [0.2, 0.25) is 0 Å². The van der Waals surface area contributed by atoms with Crippen LogP contribution < -0.4 is 0 Å². The van der Waals surface area contributed by atoms with Crippen LogP contribution in [-0.2, 0) is 13.5 Å². The minimum Gasteiger partial charge on any atom is -0.393 e. The summed E-state index contributed by atoms with van der Waals surface area (Å²) in [6, 6.07) is 0. The van der Waals surface area contributed by atoms with Gasteiger partial charge in [0.05, 0.1) is 12.3 Å². The van der Waals surface area contributed by atoms with Crippen LogP contribution in [0.5, 0.6) is 0 Å². The van der Waals surface area contributed by atoms with E-state index >= 15 is 0 Å². The number of aliphatic hydroxyl groups is 1. The first-order chi connectivity index (χ1) is 7.79. The molecule has 0 fully saturated rings. The molecule has 0 amide bonds. The van der Waals surface area contributed by atoms with E-state index in [-0.39, 0.29) is 11.5 Å². The molecule has 0 saturated heterocycles. The van der Waals surface area contributed by atoms with Gasteiger partial charge in [0, 0.05) is 13.2 Å². The van der Waals surface area contributed by atoms with Gasteiger partial charge in [-0.3, -0.25) is 4.68 Å². The van der Waals surface area contributed by atoms with Crippen molar-refractivity contribution in [2.75, 3.05) is 0 Å². The first kappa shape index (κ1) is 14.2. The van der Waals surface area contributed by atoms with Gasteiger partial charge in [-0.1, -0.05) is 27.7 Å². The fourth-order valence-corrected chi connectivity index (χ4v) is 1.81. The molecule has 3 heteroatoms. The zero-order chi connectivity index (χ0) is 13.1. The van der Waals surface area contributed by atoms with E-state index in [1.807, 2.05) is 19.4 Å². The topological polar surface area (TPSA) is 38.1 Å². The summed E-state index contributed by atoms with van der Waals surface area (Å²) in [4.78, 5) is 0. The minimum absolute atomic E-state index is 0.204. The standard InChI is InChI=1S/C14H26N2O/c1-11(14(2,3)4)8-13(17)7-6-12-9-15-16(5)10-12/h9-11,13,17H,6-8H2,1-5H3.